The number of hydrogen-bond donors (Lipinski definition) is 1. The summed E-state index contributed by atoms with van der Waals surface area (Å²) in [5, 5.41) is 2.26. The molecule has 0 bridgehead atoms. The molecule has 4 heteroatoms. The highest BCUT2D eigenvalue weighted by molar-refractivity contribution is 5.98. The molecule has 1 aliphatic rings. The van der Waals surface area contributed by atoms with Gasteiger partial charge in [-0.25, -0.2) is 0 Å². The van der Waals surface area contributed by atoms with E-state index in [4.69, 9.17) is 5.73 Å². The quantitative estimate of drug-likeness (QED) is 0.870. The molecule has 3 rings (SSSR count). The summed E-state index contributed by atoms with van der Waals surface area (Å²) in [4.78, 5) is 14.1. The van der Waals surface area contributed by atoms with Crippen LogP contribution in [0.3, 0.4) is 0 Å². The lowest BCUT2D eigenvalue weighted by Gasteiger charge is -2.16. The first kappa shape index (κ1) is 13.8. The van der Waals surface area contributed by atoms with Crippen molar-refractivity contribution in [2.75, 3.05) is 13.1 Å². The second-order valence-electron chi connectivity index (χ2n) is 4.86. The largest absolute Gasteiger partial charge is 0.337 e. The van der Waals surface area contributed by atoms with E-state index in [2.05, 4.69) is 6.07 Å². The number of amides is 1. The van der Waals surface area contributed by atoms with Crippen molar-refractivity contribution in [3.05, 3.63) is 48.0 Å². The zero-order valence-corrected chi connectivity index (χ0v) is 11.4. The van der Waals surface area contributed by atoms with E-state index in [0.717, 1.165) is 29.3 Å². The Labute approximate surface area is 118 Å². The van der Waals surface area contributed by atoms with E-state index in [1.807, 2.05) is 41.3 Å². The minimum Gasteiger partial charge on any atom is -0.337 e. The van der Waals surface area contributed by atoms with Crippen LogP contribution in [-0.4, -0.2) is 29.9 Å². The van der Waals surface area contributed by atoms with Crippen LogP contribution < -0.4 is 5.73 Å². The first-order chi connectivity index (χ1) is 8.74. The van der Waals surface area contributed by atoms with E-state index < -0.39 is 0 Å². The van der Waals surface area contributed by atoms with Gasteiger partial charge in [0.1, 0.15) is 0 Å². The van der Waals surface area contributed by atoms with Crippen molar-refractivity contribution < 1.29 is 4.79 Å². The van der Waals surface area contributed by atoms with Crippen LogP contribution in [0.15, 0.2) is 42.5 Å². The molecule has 1 atom stereocenters. The average molecular weight is 277 g/mol. The van der Waals surface area contributed by atoms with Crippen molar-refractivity contribution in [2.45, 2.75) is 12.5 Å². The SMILES string of the molecule is Cl.N[C@H]1CCN(C(=O)c2ccc3ccccc3c2)C1. The van der Waals surface area contributed by atoms with Crippen LogP contribution in [0, 0.1) is 0 Å². The molecule has 1 aliphatic heterocycles. The Balaban J connectivity index is 0.00000133. The number of benzene rings is 2. The molecular weight excluding hydrogens is 260 g/mol. The van der Waals surface area contributed by atoms with Gasteiger partial charge in [0.25, 0.3) is 5.91 Å². The van der Waals surface area contributed by atoms with E-state index in [9.17, 15) is 4.79 Å². The Hall–Kier alpha value is -1.58. The summed E-state index contributed by atoms with van der Waals surface area (Å²) in [7, 11) is 0. The number of halogens is 1. The third kappa shape index (κ3) is 2.72. The van der Waals surface area contributed by atoms with Gasteiger partial charge in [0.15, 0.2) is 0 Å². The van der Waals surface area contributed by atoms with Gasteiger partial charge in [0.2, 0.25) is 0 Å². The summed E-state index contributed by atoms with van der Waals surface area (Å²) in [6.45, 7) is 1.44. The molecule has 2 N–H and O–H groups in total. The van der Waals surface area contributed by atoms with E-state index >= 15 is 0 Å². The van der Waals surface area contributed by atoms with Gasteiger partial charge >= 0.3 is 0 Å². The summed E-state index contributed by atoms with van der Waals surface area (Å²) < 4.78 is 0. The Morgan fingerprint density at radius 3 is 2.58 bits per heavy atom. The molecule has 1 saturated heterocycles. The smallest absolute Gasteiger partial charge is 0.253 e. The molecule has 1 amide bonds. The van der Waals surface area contributed by atoms with E-state index in [1.165, 1.54) is 0 Å². The normalized spacial score (nSPS) is 18.4. The fraction of sp³-hybridized carbons (Fsp3) is 0.267. The Morgan fingerprint density at radius 2 is 1.89 bits per heavy atom. The van der Waals surface area contributed by atoms with Gasteiger partial charge in [0, 0.05) is 24.7 Å². The number of nitrogens with zero attached hydrogens (tertiary/aromatic N) is 1. The summed E-state index contributed by atoms with van der Waals surface area (Å²) in [6, 6.07) is 14.1. The van der Waals surface area contributed by atoms with E-state index in [0.29, 0.717) is 6.54 Å². The van der Waals surface area contributed by atoms with Crippen LogP contribution in [0.2, 0.25) is 0 Å². The molecule has 19 heavy (non-hydrogen) atoms. The first-order valence-corrected chi connectivity index (χ1v) is 6.28. The number of fused-ring (bicyclic) bond motifs is 1. The number of rotatable bonds is 1. The molecule has 0 aliphatic carbocycles. The van der Waals surface area contributed by atoms with Gasteiger partial charge in [-0.05, 0) is 29.3 Å². The molecule has 0 spiro atoms. The van der Waals surface area contributed by atoms with Crippen LogP contribution in [0.5, 0.6) is 0 Å². The molecular formula is C15H17ClN2O. The maximum absolute atomic E-state index is 12.3. The lowest BCUT2D eigenvalue weighted by Crippen LogP contribution is -2.31. The third-order valence-corrected chi connectivity index (χ3v) is 3.51. The lowest BCUT2D eigenvalue weighted by atomic mass is 10.1. The maximum Gasteiger partial charge on any atom is 0.253 e. The standard InChI is InChI=1S/C15H16N2O.ClH/c16-14-7-8-17(10-14)15(18)13-6-5-11-3-1-2-4-12(11)9-13;/h1-6,9,14H,7-8,10,16H2;1H/t14-;/m0./s1. The molecule has 0 aromatic heterocycles. The van der Waals surface area contributed by atoms with Gasteiger partial charge in [-0.2, -0.15) is 0 Å². The van der Waals surface area contributed by atoms with Crippen molar-refractivity contribution in [1.29, 1.82) is 0 Å². The molecule has 0 saturated carbocycles. The number of hydrogen-bond acceptors (Lipinski definition) is 2. The predicted octanol–water partition coefficient (Wildman–Crippen LogP) is 2.43. The van der Waals surface area contributed by atoms with Gasteiger partial charge < -0.3 is 10.6 Å². The van der Waals surface area contributed by atoms with Gasteiger partial charge in [-0.3, -0.25) is 4.79 Å². The molecule has 1 fully saturated rings. The number of nitrogens with two attached hydrogens (primary N) is 1. The molecule has 2 aromatic rings. The van der Waals surface area contributed by atoms with E-state index in [-0.39, 0.29) is 24.4 Å². The molecule has 2 aromatic carbocycles. The third-order valence-electron chi connectivity index (χ3n) is 3.51. The summed E-state index contributed by atoms with van der Waals surface area (Å²) in [6.07, 6.45) is 0.902. The first-order valence-electron chi connectivity index (χ1n) is 6.28. The predicted molar refractivity (Wildman–Crippen MR) is 79.7 cm³/mol. The Morgan fingerprint density at radius 1 is 1.16 bits per heavy atom. The van der Waals surface area contributed by atoms with Crippen molar-refractivity contribution in [1.82, 2.24) is 4.90 Å². The van der Waals surface area contributed by atoms with Crippen molar-refractivity contribution in [3.63, 3.8) is 0 Å². The summed E-state index contributed by atoms with van der Waals surface area (Å²) in [5.41, 5.74) is 6.59. The van der Waals surface area contributed by atoms with Gasteiger partial charge in [-0.1, -0.05) is 30.3 Å². The van der Waals surface area contributed by atoms with E-state index in [1.54, 1.807) is 0 Å². The number of carbonyl (C=O) groups is 1. The van der Waals surface area contributed by atoms with Crippen LogP contribution in [0.25, 0.3) is 10.8 Å². The molecule has 100 valence electrons. The molecule has 3 nitrogen and oxygen atoms in total. The van der Waals surface area contributed by atoms with Crippen molar-refractivity contribution >= 4 is 29.1 Å². The monoisotopic (exact) mass is 276 g/mol. The van der Waals surface area contributed by atoms with Crippen LogP contribution >= 0.6 is 12.4 Å². The average Bonchev–Trinajstić information content (AvgIpc) is 2.84. The summed E-state index contributed by atoms with van der Waals surface area (Å²) >= 11 is 0. The van der Waals surface area contributed by atoms with Crippen LogP contribution in [0.1, 0.15) is 16.8 Å². The highest BCUT2D eigenvalue weighted by atomic mass is 35.5. The number of likely N-dealkylation sites (tertiary alicyclic amines) is 1. The zero-order valence-electron chi connectivity index (χ0n) is 10.6. The second kappa shape index (κ2) is 5.59. The van der Waals surface area contributed by atoms with Gasteiger partial charge in [-0.15, -0.1) is 12.4 Å². The van der Waals surface area contributed by atoms with Gasteiger partial charge in [0.05, 0.1) is 0 Å². The molecule has 0 unspecified atom stereocenters. The minimum atomic E-state index is 0. The fourth-order valence-electron chi connectivity index (χ4n) is 2.48. The van der Waals surface area contributed by atoms with Crippen molar-refractivity contribution in [3.8, 4) is 0 Å². The summed E-state index contributed by atoms with van der Waals surface area (Å²) in [5.74, 6) is 0.0914. The highest BCUT2D eigenvalue weighted by Crippen LogP contribution is 2.18. The maximum atomic E-state index is 12.3. The molecule has 0 radical (unpaired) electrons. The fourth-order valence-corrected chi connectivity index (χ4v) is 2.48. The lowest BCUT2D eigenvalue weighted by molar-refractivity contribution is 0.0791. The van der Waals surface area contributed by atoms with Crippen LogP contribution in [0.4, 0.5) is 0 Å². The van der Waals surface area contributed by atoms with Crippen molar-refractivity contribution in [2.24, 2.45) is 5.73 Å². The Kier molecular flexibility index (Phi) is 4.08. The minimum absolute atomic E-state index is 0. The highest BCUT2D eigenvalue weighted by Gasteiger charge is 2.24. The zero-order chi connectivity index (χ0) is 12.5. The Bertz CT molecular complexity index is 599. The second-order valence-corrected chi connectivity index (χ2v) is 4.86. The topological polar surface area (TPSA) is 46.3 Å². The van der Waals surface area contributed by atoms with Crippen LogP contribution in [-0.2, 0) is 0 Å². The molecule has 1 heterocycles. The number of carbonyl (C=O) groups excluding carboxylic acids is 1.